The summed E-state index contributed by atoms with van der Waals surface area (Å²) in [6.07, 6.45) is 2.30. The summed E-state index contributed by atoms with van der Waals surface area (Å²) in [6, 6.07) is 3.05. The van der Waals surface area contributed by atoms with Crippen molar-refractivity contribution >= 4 is 5.97 Å². The van der Waals surface area contributed by atoms with Crippen molar-refractivity contribution in [2.75, 3.05) is 19.8 Å². The van der Waals surface area contributed by atoms with Gasteiger partial charge in [0.2, 0.25) is 5.88 Å². The molecule has 2 heterocycles. The Morgan fingerprint density at radius 1 is 1.62 bits per heavy atom. The smallest absolute Gasteiger partial charge is 0.337 e. The van der Waals surface area contributed by atoms with Crippen LogP contribution in [-0.4, -0.2) is 35.9 Å². The molecule has 0 bridgehead atoms. The van der Waals surface area contributed by atoms with Gasteiger partial charge in [0.25, 0.3) is 0 Å². The van der Waals surface area contributed by atoms with Crippen LogP contribution < -0.4 is 4.74 Å². The van der Waals surface area contributed by atoms with E-state index in [9.17, 15) is 4.79 Å². The average molecular weight is 223 g/mol. The Morgan fingerprint density at radius 2 is 2.50 bits per heavy atom. The molecule has 0 saturated carbocycles. The fourth-order valence-corrected chi connectivity index (χ4v) is 1.51. The first-order chi connectivity index (χ1) is 7.75. The monoisotopic (exact) mass is 223 g/mol. The molecule has 0 spiro atoms. The first-order valence-electron chi connectivity index (χ1n) is 5.15. The van der Waals surface area contributed by atoms with Gasteiger partial charge < -0.3 is 14.6 Å². The Kier molecular flexibility index (Phi) is 3.36. The van der Waals surface area contributed by atoms with Crippen LogP contribution in [0.1, 0.15) is 16.8 Å². The molecule has 0 radical (unpaired) electrons. The maximum Gasteiger partial charge on any atom is 0.337 e. The standard InChI is InChI=1S/C11H13NO4/c13-11(14)9-1-2-10(12-5-9)16-7-8-3-4-15-6-8/h1-2,5,8H,3-4,6-7H2,(H,13,14). The predicted molar refractivity (Wildman–Crippen MR) is 55.6 cm³/mol. The number of pyridine rings is 1. The summed E-state index contributed by atoms with van der Waals surface area (Å²) in [7, 11) is 0. The predicted octanol–water partition coefficient (Wildman–Crippen LogP) is 1.20. The topological polar surface area (TPSA) is 68.7 Å². The highest BCUT2D eigenvalue weighted by atomic mass is 16.5. The molecule has 2 rings (SSSR count). The van der Waals surface area contributed by atoms with Crippen LogP contribution >= 0.6 is 0 Å². The molecule has 0 amide bonds. The van der Waals surface area contributed by atoms with Gasteiger partial charge in [0.05, 0.1) is 18.8 Å². The summed E-state index contributed by atoms with van der Waals surface area (Å²) in [5, 5.41) is 8.68. The quantitative estimate of drug-likeness (QED) is 0.830. The Labute approximate surface area is 93.0 Å². The van der Waals surface area contributed by atoms with Crippen LogP contribution in [0.2, 0.25) is 0 Å². The third-order valence-corrected chi connectivity index (χ3v) is 2.47. The normalized spacial score (nSPS) is 19.6. The lowest BCUT2D eigenvalue weighted by molar-refractivity contribution is 0.0696. The number of ether oxygens (including phenoxy) is 2. The number of carbonyl (C=O) groups is 1. The zero-order valence-electron chi connectivity index (χ0n) is 8.76. The van der Waals surface area contributed by atoms with Crippen LogP contribution in [0, 0.1) is 5.92 Å². The number of carboxylic acids is 1. The zero-order chi connectivity index (χ0) is 11.4. The van der Waals surface area contributed by atoms with Crippen LogP contribution in [0.5, 0.6) is 5.88 Å². The molecule has 1 fully saturated rings. The van der Waals surface area contributed by atoms with Crippen molar-refractivity contribution in [3.8, 4) is 5.88 Å². The van der Waals surface area contributed by atoms with Gasteiger partial charge in [0.1, 0.15) is 0 Å². The fourth-order valence-electron chi connectivity index (χ4n) is 1.51. The number of hydrogen-bond acceptors (Lipinski definition) is 4. The molecule has 1 aliphatic rings. The van der Waals surface area contributed by atoms with Crippen molar-refractivity contribution in [3.63, 3.8) is 0 Å². The molecule has 1 aliphatic heterocycles. The minimum atomic E-state index is -0.983. The molecule has 1 unspecified atom stereocenters. The van der Waals surface area contributed by atoms with Gasteiger partial charge in [0.15, 0.2) is 0 Å². The molecular formula is C11H13NO4. The first kappa shape index (κ1) is 10.9. The number of rotatable bonds is 4. The second kappa shape index (κ2) is 4.94. The summed E-state index contributed by atoms with van der Waals surface area (Å²) in [5.74, 6) is -0.110. The van der Waals surface area contributed by atoms with Gasteiger partial charge in [-0.2, -0.15) is 0 Å². The summed E-state index contributed by atoms with van der Waals surface area (Å²) >= 11 is 0. The molecule has 1 N–H and O–H groups in total. The van der Waals surface area contributed by atoms with E-state index in [4.69, 9.17) is 14.6 Å². The van der Waals surface area contributed by atoms with Crippen molar-refractivity contribution in [1.82, 2.24) is 4.98 Å². The van der Waals surface area contributed by atoms with Crippen LogP contribution in [0.15, 0.2) is 18.3 Å². The van der Waals surface area contributed by atoms with Crippen molar-refractivity contribution in [2.24, 2.45) is 5.92 Å². The van der Waals surface area contributed by atoms with Crippen LogP contribution in [-0.2, 0) is 4.74 Å². The highest BCUT2D eigenvalue weighted by Gasteiger charge is 2.16. The van der Waals surface area contributed by atoms with E-state index in [0.717, 1.165) is 19.6 Å². The number of carboxylic acid groups (broad SMARTS) is 1. The van der Waals surface area contributed by atoms with Crippen LogP contribution in [0.25, 0.3) is 0 Å². The molecule has 0 aromatic carbocycles. The van der Waals surface area contributed by atoms with E-state index in [1.807, 2.05) is 0 Å². The first-order valence-corrected chi connectivity index (χ1v) is 5.15. The molecule has 86 valence electrons. The van der Waals surface area contributed by atoms with Crippen molar-refractivity contribution in [2.45, 2.75) is 6.42 Å². The van der Waals surface area contributed by atoms with E-state index in [0.29, 0.717) is 18.4 Å². The summed E-state index contributed by atoms with van der Waals surface area (Å²) in [4.78, 5) is 14.5. The van der Waals surface area contributed by atoms with Crippen molar-refractivity contribution in [3.05, 3.63) is 23.9 Å². The van der Waals surface area contributed by atoms with E-state index >= 15 is 0 Å². The van der Waals surface area contributed by atoms with Crippen molar-refractivity contribution in [1.29, 1.82) is 0 Å². The third kappa shape index (κ3) is 2.70. The maximum atomic E-state index is 10.6. The summed E-state index contributed by atoms with van der Waals surface area (Å²) < 4.78 is 10.7. The highest BCUT2D eigenvalue weighted by molar-refractivity contribution is 5.87. The van der Waals surface area contributed by atoms with Gasteiger partial charge in [-0.05, 0) is 12.5 Å². The summed E-state index contributed by atoms with van der Waals surface area (Å²) in [5.41, 5.74) is 0.163. The number of aromatic nitrogens is 1. The molecule has 16 heavy (non-hydrogen) atoms. The molecule has 0 aliphatic carbocycles. The lowest BCUT2D eigenvalue weighted by Gasteiger charge is -2.09. The second-order valence-corrected chi connectivity index (χ2v) is 3.73. The Hall–Kier alpha value is -1.62. The highest BCUT2D eigenvalue weighted by Crippen LogP contribution is 2.14. The molecule has 5 heteroatoms. The van der Waals surface area contributed by atoms with E-state index in [1.54, 1.807) is 6.07 Å². The van der Waals surface area contributed by atoms with Gasteiger partial charge in [-0.3, -0.25) is 0 Å². The third-order valence-electron chi connectivity index (χ3n) is 2.47. The lowest BCUT2D eigenvalue weighted by atomic mass is 10.1. The van der Waals surface area contributed by atoms with Crippen molar-refractivity contribution < 1.29 is 19.4 Å². The number of hydrogen-bond donors (Lipinski definition) is 1. The minimum Gasteiger partial charge on any atom is -0.478 e. The number of nitrogens with zero attached hydrogens (tertiary/aromatic N) is 1. The van der Waals surface area contributed by atoms with Gasteiger partial charge in [0, 0.05) is 24.8 Å². The zero-order valence-corrected chi connectivity index (χ0v) is 8.76. The number of aromatic carboxylic acids is 1. The van der Waals surface area contributed by atoms with Crippen LogP contribution in [0.3, 0.4) is 0 Å². The van der Waals surface area contributed by atoms with Gasteiger partial charge in [-0.15, -0.1) is 0 Å². The van der Waals surface area contributed by atoms with E-state index in [2.05, 4.69) is 4.98 Å². The second-order valence-electron chi connectivity index (χ2n) is 3.73. The van der Waals surface area contributed by atoms with E-state index in [-0.39, 0.29) is 5.56 Å². The Balaban J connectivity index is 1.87. The fraction of sp³-hybridized carbons (Fsp3) is 0.455. The largest absolute Gasteiger partial charge is 0.478 e. The van der Waals surface area contributed by atoms with Gasteiger partial charge in [-0.25, -0.2) is 9.78 Å². The Bertz CT molecular complexity index is 357. The molecule has 1 aromatic rings. The SMILES string of the molecule is O=C(O)c1ccc(OCC2CCOC2)nc1. The summed E-state index contributed by atoms with van der Waals surface area (Å²) in [6.45, 7) is 2.09. The van der Waals surface area contributed by atoms with E-state index in [1.165, 1.54) is 12.3 Å². The average Bonchev–Trinajstić information content (AvgIpc) is 2.80. The van der Waals surface area contributed by atoms with Crippen LogP contribution in [0.4, 0.5) is 0 Å². The van der Waals surface area contributed by atoms with Gasteiger partial charge >= 0.3 is 5.97 Å². The molecular weight excluding hydrogens is 210 g/mol. The minimum absolute atomic E-state index is 0.163. The van der Waals surface area contributed by atoms with E-state index < -0.39 is 5.97 Å². The molecule has 5 nitrogen and oxygen atoms in total. The Morgan fingerprint density at radius 3 is 3.06 bits per heavy atom. The molecule has 1 atom stereocenters. The molecule has 1 aromatic heterocycles. The van der Waals surface area contributed by atoms with Gasteiger partial charge in [-0.1, -0.05) is 0 Å². The maximum absolute atomic E-state index is 10.6. The lowest BCUT2D eigenvalue weighted by Crippen LogP contribution is -2.12. The molecule has 1 saturated heterocycles.